The summed E-state index contributed by atoms with van der Waals surface area (Å²) in [5.41, 5.74) is 1.09. The molecule has 4 heteroatoms. The fourth-order valence-electron chi connectivity index (χ4n) is 2.04. The normalized spacial score (nSPS) is 24.3. The average molecular weight is 219 g/mol. The SMILES string of the molecule is CC1NCCC1C(=O)NCc1ccncc1. The van der Waals surface area contributed by atoms with Gasteiger partial charge in [0, 0.05) is 25.0 Å². The maximum atomic E-state index is 11.9. The first kappa shape index (κ1) is 11.1. The van der Waals surface area contributed by atoms with Crippen LogP contribution < -0.4 is 10.6 Å². The minimum atomic E-state index is 0.113. The van der Waals surface area contributed by atoms with Crippen LogP contribution in [0.25, 0.3) is 0 Å². The first-order valence-electron chi connectivity index (χ1n) is 5.67. The van der Waals surface area contributed by atoms with E-state index in [2.05, 4.69) is 22.5 Å². The maximum absolute atomic E-state index is 11.9. The Bertz CT molecular complexity index is 353. The summed E-state index contributed by atoms with van der Waals surface area (Å²) >= 11 is 0. The van der Waals surface area contributed by atoms with Gasteiger partial charge in [0.15, 0.2) is 0 Å². The van der Waals surface area contributed by atoms with Gasteiger partial charge < -0.3 is 10.6 Å². The lowest BCUT2D eigenvalue weighted by atomic mass is 10.0. The standard InChI is InChI=1S/C12H17N3O/c1-9-11(4-7-14-9)12(16)15-8-10-2-5-13-6-3-10/h2-3,5-6,9,11,14H,4,7-8H2,1H3,(H,15,16). The first-order valence-corrected chi connectivity index (χ1v) is 5.67. The van der Waals surface area contributed by atoms with Crippen molar-refractivity contribution in [1.82, 2.24) is 15.6 Å². The van der Waals surface area contributed by atoms with Crippen LogP contribution in [0.1, 0.15) is 18.9 Å². The lowest BCUT2D eigenvalue weighted by molar-refractivity contribution is -0.125. The number of aromatic nitrogens is 1. The van der Waals surface area contributed by atoms with E-state index in [9.17, 15) is 4.79 Å². The second-order valence-corrected chi connectivity index (χ2v) is 4.21. The summed E-state index contributed by atoms with van der Waals surface area (Å²) < 4.78 is 0. The summed E-state index contributed by atoms with van der Waals surface area (Å²) in [6.45, 7) is 3.59. The van der Waals surface area contributed by atoms with Gasteiger partial charge in [0.25, 0.3) is 0 Å². The maximum Gasteiger partial charge on any atom is 0.224 e. The Balaban J connectivity index is 1.84. The summed E-state index contributed by atoms with van der Waals surface area (Å²) in [6.07, 6.45) is 4.41. The minimum Gasteiger partial charge on any atom is -0.352 e. The number of carbonyl (C=O) groups excluding carboxylic acids is 1. The van der Waals surface area contributed by atoms with E-state index in [0.29, 0.717) is 6.54 Å². The van der Waals surface area contributed by atoms with Crippen molar-refractivity contribution in [2.75, 3.05) is 6.54 Å². The van der Waals surface area contributed by atoms with E-state index in [4.69, 9.17) is 0 Å². The van der Waals surface area contributed by atoms with Crippen molar-refractivity contribution in [3.05, 3.63) is 30.1 Å². The summed E-state index contributed by atoms with van der Waals surface area (Å²) in [4.78, 5) is 15.8. The Labute approximate surface area is 95.5 Å². The van der Waals surface area contributed by atoms with E-state index < -0.39 is 0 Å². The number of nitrogens with zero attached hydrogens (tertiary/aromatic N) is 1. The van der Waals surface area contributed by atoms with Crippen LogP contribution >= 0.6 is 0 Å². The first-order chi connectivity index (χ1) is 7.77. The molecule has 2 heterocycles. The second-order valence-electron chi connectivity index (χ2n) is 4.21. The highest BCUT2D eigenvalue weighted by atomic mass is 16.1. The van der Waals surface area contributed by atoms with Gasteiger partial charge in [-0.05, 0) is 37.6 Å². The van der Waals surface area contributed by atoms with Crippen molar-refractivity contribution < 1.29 is 4.79 Å². The highest BCUT2D eigenvalue weighted by molar-refractivity contribution is 5.79. The molecule has 1 aliphatic heterocycles. The third kappa shape index (κ3) is 2.58. The number of amides is 1. The molecule has 1 saturated heterocycles. The van der Waals surface area contributed by atoms with E-state index in [1.807, 2.05) is 12.1 Å². The lowest BCUT2D eigenvalue weighted by Gasteiger charge is -2.14. The topological polar surface area (TPSA) is 54.0 Å². The molecule has 1 aromatic rings. The molecule has 2 atom stereocenters. The number of pyridine rings is 1. The van der Waals surface area contributed by atoms with E-state index in [1.165, 1.54) is 0 Å². The number of hydrogen-bond acceptors (Lipinski definition) is 3. The highest BCUT2D eigenvalue weighted by Crippen LogP contribution is 2.15. The fraction of sp³-hybridized carbons (Fsp3) is 0.500. The minimum absolute atomic E-state index is 0.113. The predicted molar refractivity (Wildman–Crippen MR) is 61.7 cm³/mol. The van der Waals surface area contributed by atoms with Gasteiger partial charge in [0.05, 0.1) is 5.92 Å². The highest BCUT2D eigenvalue weighted by Gasteiger charge is 2.28. The van der Waals surface area contributed by atoms with Crippen molar-refractivity contribution in [2.24, 2.45) is 5.92 Å². The molecule has 4 nitrogen and oxygen atoms in total. The monoisotopic (exact) mass is 219 g/mol. The van der Waals surface area contributed by atoms with Gasteiger partial charge in [-0.15, -0.1) is 0 Å². The van der Waals surface area contributed by atoms with Crippen LogP contribution in [-0.4, -0.2) is 23.5 Å². The van der Waals surface area contributed by atoms with Crippen molar-refractivity contribution in [2.45, 2.75) is 25.9 Å². The van der Waals surface area contributed by atoms with E-state index >= 15 is 0 Å². The van der Waals surface area contributed by atoms with Gasteiger partial charge in [-0.1, -0.05) is 0 Å². The summed E-state index contributed by atoms with van der Waals surface area (Å²) in [5, 5.41) is 6.24. The van der Waals surface area contributed by atoms with Crippen molar-refractivity contribution in [1.29, 1.82) is 0 Å². The zero-order chi connectivity index (χ0) is 11.4. The molecule has 0 aromatic carbocycles. The molecular formula is C12H17N3O. The van der Waals surface area contributed by atoms with Crippen LogP contribution in [-0.2, 0) is 11.3 Å². The predicted octanol–water partition coefficient (Wildman–Crippen LogP) is 0.696. The largest absolute Gasteiger partial charge is 0.352 e. The molecule has 16 heavy (non-hydrogen) atoms. The molecule has 0 radical (unpaired) electrons. The van der Waals surface area contributed by atoms with Crippen molar-refractivity contribution in [3.63, 3.8) is 0 Å². The molecule has 1 aromatic heterocycles. The Morgan fingerprint density at radius 1 is 1.56 bits per heavy atom. The Morgan fingerprint density at radius 2 is 2.31 bits per heavy atom. The number of carbonyl (C=O) groups is 1. The van der Waals surface area contributed by atoms with Crippen LogP contribution in [0.4, 0.5) is 0 Å². The summed E-state index contributed by atoms with van der Waals surface area (Å²) in [5.74, 6) is 0.260. The van der Waals surface area contributed by atoms with Gasteiger partial charge >= 0.3 is 0 Å². The third-order valence-electron chi connectivity index (χ3n) is 3.08. The van der Waals surface area contributed by atoms with E-state index in [0.717, 1.165) is 18.5 Å². The molecule has 86 valence electrons. The molecule has 1 amide bonds. The second kappa shape index (κ2) is 5.07. The van der Waals surface area contributed by atoms with Gasteiger partial charge in [-0.3, -0.25) is 9.78 Å². The zero-order valence-corrected chi connectivity index (χ0v) is 9.44. The van der Waals surface area contributed by atoms with Crippen LogP contribution in [0.5, 0.6) is 0 Å². The van der Waals surface area contributed by atoms with Crippen LogP contribution in [0.3, 0.4) is 0 Å². The number of nitrogens with one attached hydrogen (secondary N) is 2. The fourth-order valence-corrected chi connectivity index (χ4v) is 2.04. The van der Waals surface area contributed by atoms with Gasteiger partial charge in [-0.2, -0.15) is 0 Å². The molecule has 1 fully saturated rings. The molecule has 0 saturated carbocycles. The lowest BCUT2D eigenvalue weighted by Crippen LogP contribution is -2.36. The van der Waals surface area contributed by atoms with Gasteiger partial charge in [0.1, 0.15) is 0 Å². The smallest absolute Gasteiger partial charge is 0.224 e. The third-order valence-corrected chi connectivity index (χ3v) is 3.08. The van der Waals surface area contributed by atoms with Crippen LogP contribution in [0.2, 0.25) is 0 Å². The summed E-state index contributed by atoms with van der Waals surface area (Å²) in [6, 6.07) is 4.12. The Hall–Kier alpha value is -1.42. The van der Waals surface area contributed by atoms with Crippen LogP contribution in [0.15, 0.2) is 24.5 Å². The molecule has 0 aliphatic carbocycles. The van der Waals surface area contributed by atoms with Gasteiger partial charge in [-0.25, -0.2) is 0 Å². The van der Waals surface area contributed by atoms with E-state index in [1.54, 1.807) is 12.4 Å². The molecule has 2 N–H and O–H groups in total. The molecule has 1 aliphatic rings. The van der Waals surface area contributed by atoms with Crippen molar-refractivity contribution in [3.8, 4) is 0 Å². The number of rotatable bonds is 3. The summed E-state index contributed by atoms with van der Waals surface area (Å²) in [7, 11) is 0. The average Bonchev–Trinajstić information content (AvgIpc) is 2.74. The zero-order valence-electron chi connectivity index (χ0n) is 9.44. The molecule has 0 bridgehead atoms. The Kier molecular flexibility index (Phi) is 3.51. The Morgan fingerprint density at radius 3 is 2.94 bits per heavy atom. The van der Waals surface area contributed by atoms with Crippen molar-refractivity contribution >= 4 is 5.91 Å². The molecular weight excluding hydrogens is 202 g/mol. The quantitative estimate of drug-likeness (QED) is 0.786. The molecule has 2 rings (SSSR count). The van der Waals surface area contributed by atoms with E-state index in [-0.39, 0.29) is 17.9 Å². The molecule has 0 spiro atoms. The van der Waals surface area contributed by atoms with Crippen LogP contribution in [0, 0.1) is 5.92 Å². The molecule has 2 unspecified atom stereocenters. The number of hydrogen-bond donors (Lipinski definition) is 2. The van der Waals surface area contributed by atoms with Gasteiger partial charge in [0.2, 0.25) is 5.91 Å².